The van der Waals surface area contributed by atoms with E-state index in [-0.39, 0.29) is 49.6 Å². The van der Waals surface area contributed by atoms with E-state index in [1.807, 2.05) is 92.1 Å². The number of thioether (sulfide) groups is 1. The highest BCUT2D eigenvalue weighted by atomic mass is 32.2. The number of aromatic amines is 1. The molecule has 0 bridgehead atoms. The van der Waals surface area contributed by atoms with Gasteiger partial charge in [-0.1, -0.05) is 21.3 Å². The van der Waals surface area contributed by atoms with Gasteiger partial charge in [0.15, 0.2) is 11.5 Å². The zero-order valence-electron chi connectivity index (χ0n) is 34.3. The molecule has 6 rings (SSSR count). The Balaban J connectivity index is 0.00000228. The Hall–Kier alpha value is -4.23. The fourth-order valence-corrected chi connectivity index (χ4v) is 8.34. The number of nitrogens with one attached hydrogen (secondary N) is 3. The summed E-state index contributed by atoms with van der Waals surface area (Å²) in [7, 11) is 0. The molecule has 3 N–H and O–H groups in total. The number of aryl methyl sites for hydroxylation is 1. The summed E-state index contributed by atoms with van der Waals surface area (Å²) in [4.78, 5) is 50.0. The Kier molecular flexibility index (Phi) is 14.6. The zero-order chi connectivity index (χ0) is 40.2. The van der Waals surface area contributed by atoms with E-state index in [0.717, 1.165) is 60.7 Å². The van der Waals surface area contributed by atoms with Crippen molar-refractivity contribution in [2.24, 2.45) is 5.92 Å². The number of hydrogen-bond donors (Lipinski definition) is 3. The number of hydrogen-bond acceptors (Lipinski definition) is 10. The molecule has 4 heterocycles. The third kappa shape index (κ3) is 10.2. The summed E-state index contributed by atoms with van der Waals surface area (Å²) in [6.07, 6.45) is 6.54. The second kappa shape index (κ2) is 18.4. The largest absolute Gasteiger partial charge is 0.448 e. The van der Waals surface area contributed by atoms with Gasteiger partial charge in [0.1, 0.15) is 11.4 Å². The van der Waals surface area contributed by atoms with Gasteiger partial charge in [0.25, 0.3) is 17.3 Å². The van der Waals surface area contributed by atoms with Crippen LogP contribution in [0, 0.1) is 19.8 Å². The summed E-state index contributed by atoms with van der Waals surface area (Å²) < 4.78 is 25.0. The van der Waals surface area contributed by atoms with Crippen LogP contribution in [-0.4, -0.2) is 71.0 Å². The average molecular weight is 794 g/mol. The molecule has 1 aliphatic carbocycles. The molecule has 3 aromatic rings. The number of alkyl carbamates (subject to hydrolysis) is 1. The number of benzene rings is 1. The van der Waals surface area contributed by atoms with Crippen LogP contribution in [0.1, 0.15) is 116 Å². The molecule has 0 spiro atoms. The maximum absolute atomic E-state index is 14.0. The van der Waals surface area contributed by atoms with Crippen molar-refractivity contribution in [3.8, 4) is 22.6 Å². The molecule has 0 radical (unpaired) electrons. The zero-order valence-corrected chi connectivity index (χ0v) is 35.1. The van der Waals surface area contributed by atoms with E-state index >= 15 is 0 Å². The fourth-order valence-electron chi connectivity index (χ4n) is 7.63. The lowest BCUT2D eigenvalue weighted by Gasteiger charge is -2.37. The number of rotatable bonds is 8. The molecule has 308 valence electrons. The van der Waals surface area contributed by atoms with E-state index in [0.29, 0.717) is 33.8 Å². The molecule has 2 amide bonds. The van der Waals surface area contributed by atoms with Gasteiger partial charge in [0.2, 0.25) is 0 Å². The normalized spacial score (nSPS) is 22.9. The molecule has 13 heteroatoms. The van der Waals surface area contributed by atoms with E-state index in [4.69, 9.17) is 23.9 Å². The molecule has 3 aliphatic rings. The minimum Gasteiger partial charge on any atom is -0.448 e. The van der Waals surface area contributed by atoms with Crippen molar-refractivity contribution in [2.75, 3.05) is 24.2 Å². The van der Waals surface area contributed by atoms with Crippen LogP contribution in [0.4, 0.5) is 10.6 Å². The summed E-state index contributed by atoms with van der Waals surface area (Å²) in [6.45, 7) is 20.9. The SMILES string of the molecule is C.CC.CSc1cc(C)[nH]c(=O)c1CNC(=O)c1cc(-c2ccc(N3CC(C)OC(C)C3)nc2)c2c(c1C)OC(C)(C1CCC(NC(=O)OC(C)(C)C)CC1)O2. The summed E-state index contributed by atoms with van der Waals surface area (Å²) in [5, 5.41) is 6.01. The average Bonchev–Trinajstić information content (AvgIpc) is 3.50. The van der Waals surface area contributed by atoms with Gasteiger partial charge in [0.05, 0.1) is 12.2 Å². The number of H-pyrrole nitrogens is 1. The van der Waals surface area contributed by atoms with Gasteiger partial charge in [-0.3, -0.25) is 9.59 Å². The highest BCUT2D eigenvalue weighted by Crippen LogP contribution is 2.53. The third-order valence-corrected chi connectivity index (χ3v) is 11.0. The Morgan fingerprint density at radius 3 is 2.27 bits per heavy atom. The van der Waals surface area contributed by atoms with Gasteiger partial charge in [-0.25, -0.2) is 9.78 Å². The number of anilines is 1. The molecule has 2 aliphatic heterocycles. The van der Waals surface area contributed by atoms with E-state index in [1.54, 1.807) is 0 Å². The standard InChI is InChI=1S/C40H53N5O7S.C2H6.CH4/c1-22-16-32(53-9)31(37(47)43-22)19-42-36(46)29-17-30(26-10-15-33(41-18-26)45-20-23(2)49-24(3)21-45)35-34(25(29)4)50-40(8,51-35)27-11-13-28(14-12-27)44-38(48)52-39(5,6)7;1-2;/h10,15-18,23-24,27-28H,11-14,19-21H2,1-9H3,(H,42,46)(H,43,47)(H,44,48);1-2H3;1H4. The lowest BCUT2D eigenvalue weighted by atomic mass is 9.81. The van der Waals surface area contributed by atoms with Gasteiger partial charge in [-0.05, 0) is 105 Å². The summed E-state index contributed by atoms with van der Waals surface area (Å²) in [5.41, 5.74) is 3.03. The van der Waals surface area contributed by atoms with E-state index in [2.05, 4.69) is 34.4 Å². The monoisotopic (exact) mass is 793 g/mol. The van der Waals surface area contributed by atoms with Crippen molar-refractivity contribution in [3.63, 3.8) is 0 Å². The number of amides is 2. The van der Waals surface area contributed by atoms with E-state index in [1.165, 1.54) is 11.8 Å². The first kappa shape index (κ1) is 44.5. The summed E-state index contributed by atoms with van der Waals surface area (Å²) in [5.74, 6) is 0.638. The van der Waals surface area contributed by atoms with Crippen molar-refractivity contribution < 1.29 is 28.5 Å². The van der Waals surface area contributed by atoms with Gasteiger partial charge in [-0.15, -0.1) is 11.8 Å². The van der Waals surface area contributed by atoms with Gasteiger partial charge in [-0.2, -0.15) is 0 Å². The maximum Gasteiger partial charge on any atom is 0.407 e. The van der Waals surface area contributed by atoms with Crippen molar-refractivity contribution in [1.29, 1.82) is 0 Å². The highest BCUT2D eigenvalue weighted by Gasteiger charge is 2.48. The minimum absolute atomic E-state index is 0. The number of aromatic nitrogens is 2. The third-order valence-electron chi connectivity index (χ3n) is 10.2. The van der Waals surface area contributed by atoms with Crippen LogP contribution in [0.3, 0.4) is 0 Å². The molecule has 12 nitrogen and oxygen atoms in total. The van der Waals surface area contributed by atoms with E-state index < -0.39 is 17.5 Å². The number of fused-ring (bicyclic) bond motifs is 1. The van der Waals surface area contributed by atoms with Crippen LogP contribution >= 0.6 is 11.8 Å². The van der Waals surface area contributed by atoms with E-state index in [9.17, 15) is 14.4 Å². The highest BCUT2D eigenvalue weighted by molar-refractivity contribution is 7.98. The molecule has 3 atom stereocenters. The summed E-state index contributed by atoms with van der Waals surface area (Å²) in [6, 6.07) is 7.74. The Bertz CT molecular complexity index is 1890. The molecule has 2 fully saturated rings. The van der Waals surface area contributed by atoms with Crippen LogP contribution in [0.2, 0.25) is 0 Å². The Morgan fingerprint density at radius 1 is 1.04 bits per heavy atom. The van der Waals surface area contributed by atoms with Crippen LogP contribution in [-0.2, 0) is 16.0 Å². The smallest absolute Gasteiger partial charge is 0.407 e. The second-order valence-electron chi connectivity index (χ2n) is 15.7. The molecule has 3 unspecified atom stereocenters. The number of carbonyl (C=O) groups excluding carboxylic acids is 2. The molecule has 56 heavy (non-hydrogen) atoms. The quantitative estimate of drug-likeness (QED) is 0.190. The van der Waals surface area contributed by atoms with Gasteiger partial charge < -0.3 is 39.5 Å². The topological polar surface area (TPSA) is 144 Å². The first-order valence-electron chi connectivity index (χ1n) is 19.5. The second-order valence-corrected chi connectivity index (χ2v) is 16.6. The molecule has 1 saturated heterocycles. The van der Waals surface area contributed by atoms with Gasteiger partial charge >= 0.3 is 6.09 Å². The Morgan fingerprint density at radius 2 is 1.68 bits per heavy atom. The predicted octanol–water partition coefficient (Wildman–Crippen LogP) is 8.55. The van der Waals surface area contributed by atoms with Crippen LogP contribution in [0.25, 0.3) is 11.1 Å². The molecule has 1 aromatic carbocycles. The van der Waals surface area contributed by atoms with Crippen LogP contribution in [0.5, 0.6) is 11.5 Å². The molecule has 2 aromatic heterocycles. The summed E-state index contributed by atoms with van der Waals surface area (Å²) >= 11 is 1.47. The fraction of sp³-hybridized carbons (Fsp3) is 0.581. The van der Waals surface area contributed by atoms with Crippen LogP contribution in [0.15, 0.2) is 40.2 Å². The minimum atomic E-state index is -0.996. The first-order valence-corrected chi connectivity index (χ1v) is 20.7. The predicted molar refractivity (Wildman–Crippen MR) is 224 cm³/mol. The number of pyridine rings is 2. The van der Waals surface area contributed by atoms with Crippen molar-refractivity contribution in [1.82, 2.24) is 20.6 Å². The lowest BCUT2D eigenvalue weighted by Crippen LogP contribution is -2.48. The van der Waals surface area contributed by atoms with Crippen LogP contribution < -0.4 is 30.6 Å². The Labute approximate surface area is 337 Å². The van der Waals surface area contributed by atoms with Crippen molar-refractivity contribution >= 4 is 29.6 Å². The van der Waals surface area contributed by atoms with Crippen molar-refractivity contribution in [3.05, 3.63) is 63.2 Å². The number of morpholine rings is 1. The molecular weight excluding hydrogens is 731 g/mol. The van der Waals surface area contributed by atoms with Crippen molar-refractivity contribution in [2.45, 2.75) is 143 Å². The molecule has 1 saturated carbocycles. The lowest BCUT2D eigenvalue weighted by molar-refractivity contribution is -0.121. The number of carbonyl (C=O) groups is 2. The molecular formula is C43H63N5O7S. The van der Waals surface area contributed by atoms with Gasteiger partial charge in [0, 0.05) is 83.1 Å². The first-order chi connectivity index (χ1) is 26.0. The number of nitrogens with zero attached hydrogens (tertiary/aromatic N) is 2. The maximum atomic E-state index is 14.0. The number of ether oxygens (including phenoxy) is 4.